The fraction of sp³-hybridized carbons (Fsp3) is 0.0833. The van der Waals surface area contributed by atoms with Crippen molar-refractivity contribution < 1.29 is 23.8 Å². The number of benzene rings is 3. The summed E-state index contributed by atoms with van der Waals surface area (Å²) in [6.45, 7) is 0. The SMILES string of the molecule is COc1cccc(N2C(=O)C(=O)/C(=C(/O)c3cccc(Cl)c3)C2c2ccc(F)cc2)c1. The number of hydrogen-bond acceptors (Lipinski definition) is 4. The second-order valence-electron chi connectivity index (χ2n) is 6.93. The van der Waals surface area contributed by atoms with Crippen LogP contribution >= 0.6 is 11.6 Å². The predicted octanol–water partition coefficient (Wildman–Crippen LogP) is 5.11. The van der Waals surface area contributed by atoms with E-state index in [1.165, 1.54) is 42.3 Å². The van der Waals surface area contributed by atoms with Crippen LogP contribution in [0.3, 0.4) is 0 Å². The van der Waals surface area contributed by atoms with E-state index in [1.807, 2.05) is 0 Å². The zero-order valence-corrected chi connectivity index (χ0v) is 17.1. The van der Waals surface area contributed by atoms with Gasteiger partial charge in [-0.15, -0.1) is 0 Å². The quantitative estimate of drug-likeness (QED) is 0.350. The van der Waals surface area contributed by atoms with E-state index in [0.29, 0.717) is 27.6 Å². The Kier molecular flexibility index (Phi) is 5.48. The van der Waals surface area contributed by atoms with Gasteiger partial charge < -0.3 is 9.84 Å². The summed E-state index contributed by atoms with van der Waals surface area (Å²) in [6, 6.07) is 17.5. The van der Waals surface area contributed by atoms with Crippen molar-refractivity contribution in [2.45, 2.75) is 6.04 Å². The molecule has 0 spiro atoms. The molecule has 1 saturated heterocycles. The monoisotopic (exact) mass is 437 g/mol. The van der Waals surface area contributed by atoms with Gasteiger partial charge >= 0.3 is 0 Å². The van der Waals surface area contributed by atoms with Crippen LogP contribution in [0.25, 0.3) is 5.76 Å². The van der Waals surface area contributed by atoms with Crippen molar-refractivity contribution in [3.63, 3.8) is 0 Å². The molecule has 0 radical (unpaired) electrons. The minimum atomic E-state index is -0.966. The summed E-state index contributed by atoms with van der Waals surface area (Å²) in [5.74, 6) is -2.00. The Bertz CT molecular complexity index is 1210. The molecule has 3 aromatic carbocycles. The van der Waals surface area contributed by atoms with Crippen molar-refractivity contribution in [1.82, 2.24) is 0 Å². The number of methoxy groups -OCH3 is 1. The second kappa shape index (κ2) is 8.24. The number of rotatable bonds is 4. The van der Waals surface area contributed by atoms with Crippen molar-refractivity contribution in [1.29, 1.82) is 0 Å². The molecule has 1 amide bonds. The molecule has 0 aromatic heterocycles. The average molecular weight is 438 g/mol. The van der Waals surface area contributed by atoms with E-state index >= 15 is 0 Å². The van der Waals surface area contributed by atoms with Gasteiger partial charge in [0.2, 0.25) is 0 Å². The van der Waals surface area contributed by atoms with E-state index in [0.717, 1.165) is 0 Å². The van der Waals surface area contributed by atoms with Crippen LogP contribution in [0.2, 0.25) is 5.02 Å². The molecule has 0 saturated carbocycles. The van der Waals surface area contributed by atoms with Gasteiger partial charge in [0.05, 0.1) is 18.7 Å². The summed E-state index contributed by atoms with van der Waals surface area (Å²) >= 11 is 6.04. The Hall–Kier alpha value is -3.64. The molecule has 0 aliphatic carbocycles. The van der Waals surface area contributed by atoms with E-state index in [9.17, 15) is 19.1 Å². The first kappa shape index (κ1) is 20.6. The van der Waals surface area contributed by atoms with Crippen LogP contribution in [0.1, 0.15) is 17.2 Å². The molecule has 1 N–H and O–H groups in total. The molecule has 31 heavy (non-hydrogen) atoms. The maximum Gasteiger partial charge on any atom is 0.300 e. The van der Waals surface area contributed by atoms with Crippen LogP contribution in [0, 0.1) is 5.82 Å². The Morgan fingerprint density at radius 2 is 1.74 bits per heavy atom. The number of anilines is 1. The van der Waals surface area contributed by atoms with Gasteiger partial charge in [-0.1, -0.05) is 41.9 Å². The van der Waals surface area contributed by atoms with E-state index in [1.54, 1.807) is 42.5 Å². The number of ether oxygens (including phenoxy) is 1. The van der Waals surface area contributed by atoms with Gasteiger partial charge in [-0.25, -0.2) is 4.39 Å². The fourth-order valence-corrected chi connectivity index (χ4v) is 3.80. The molecule has 1 aliphatic rings. The van der Waals surface area contributed by atoms with Crippen LogP contribution in [0.4, 0.5) is 10.1 Å². The number of carbonyl (C=O) groups is 2. The van der Waals surface area contributed by atoms with E-state index in [2.05, 4.69) is 0 Å². The third-order valence-electron chi connectivity index (χ3n) is 5.06. The highest BCUT2D eigenvalue weighted by molar-refractivity contribution is 6.51. The van der Waals surface area contributed by atoms with Gasteiger partial charge in [0.15, 0.2) is 0 Å². The first-order valence-electron chi connectivity index (χ1n) is 9.37. The molecule has 5 nitrogen and oxygen atoms in total. The average Bonchev–Trinajstić information content (AvgIpc) is 3.04. The highest BCUT2D eigenvalue weighted by Crippen LogP contribution is 2.42. The van der Waals surface area contributed by atoms with Gasteiger partial charge in [0.25, 0.3) is 11.7 Å². The number of nitrogens with zero attached hydrogens (tertiary/aromatic N) is 1. The number of carbonyl (C=O) groups excluding carboxylic acids is 2. The fourth-order valence-electron chi connectivity index (χ4n) is 3.61. The molecular weight excluding hydrogens is 421 g/mol. The molecule has 3 aromatic rings. The van der Waals surface area contributed by atoms with Crippen molar-refractivity contribution in [3.05, 3.63) is 100 Å². The molecule has 1 unspecified atom stereocenters. The maximum atomic E-state index is 13.6. The summed E-state index contributed by atoms with van der Waals surface area (Å²) in [5.41, 5.74) is 1.05. The number of Topliss-reactive ketones (excluding diaryl/α,β-unsaturated/α-hetero) is 1. The lowest BCUT2D eigenvalue weighted by atomic mass is 9.95. The Balaban J connectivity index is 1.95. The van der Waals surface area contributed by atoms with Gasteiger partial charge in [-0.3, -0.25) is 14.5 Å². The van der Waals surface area contributed by atoms with Gasteiger partial charge in [-0.05, 0) is 42.0 Å². The Morgan fingerprint density at radius 3 is 2.42 bits per heavy atom. The predicted molar refractivity (Wildman–Crippen MR) is 116 cm³/mol. The number of amides is 1. The van der Waals surface area contributed by atoms with Crippen molar-refractivity contribution in [2.75, 3.05) is 12.0 Å². The Labute approximate surface area is 182 Å². The summed E-state index contributed by atoms with van der Waals surface area (Å²) < 4.78 is 18.8. The number of ketones is 1. The molecule has 1 atom stereocenters. The van der Waals surface area contributed by atoms with E-state index in [-0.39, 0.29) is 11.3 Å². The molecule has 1 aliphatic heterocycles. The minimum absolute atomic E-state index is 0.110. The molecule has 7 heteroatoms. The summed E-state index contributed by atoms with van der Waals surface area (Å²) in [4.78, 5) is 27.4. The minimum Gasteiger partial charge on any atom is -0.507 e. The van der Waals surface area contributed by atoms with Crippen LogP contribution in [0.5, 0.6) is 5.75 Å². The highest BCUT2D eigenvalue weighted by atomic mass is 35.5. The molecule has 0 bridgehead atoms. The molecule has 1 heterocycles. The first-order valence-corrected chi connectivity index (χ1v) is 9.75. The van der Waals surface area contributed by atoms with Gasteiger partial charge in [0, 0.05) is 22.3 Å². The van der Waals surface area contributed by atoms with Crippen molar-refractivity contribution in [2.24, 2.45) is 0 Å². The molecule has 1 fully saturated rings. The lowest BCUT2D eigenvalue weighted by Crippen LogP contribution is -2.29. The first-order chi connectivity index (χ1) is 14.9. The molecular formula is C24H17ClFNO4. The smallest absolute Gasteiger partial charge is 0.300 e. The van der Waals surface area contributed by atoms with Gasteiger partial charge in [0.1, 0.15) is 17.3 Å². The van der Waals surface area contributed by atoms with Crippen LogP contribution in [0.15, 0.2) is 78.4 Å². The third kappa shape index (κ3) is 3.78. The zero-order chi connectivity index (χ0) is 22.1. The Morgan fingerprint density at radius 1 is 1.03 bits per heavy atom. The molecule has 156 valence electrons. The molecule has 4 rings (SSSR count). The van der Waals surface area contributed by atoms with Crippen molar-refractivity contribution in [3.8, 4) is 5.75 Å². The van der Waals surface area contributed by atoms with Crippen LogP contribution in [-0.4, -0.2) is 23.9 Å². The number of hydrogen-bond donors (Lipinski definition) is 1. The second-order valence-corrected chi connectivity index (χ2v) is 7.37. The van der Waals surface area contributed by atoms with Crippen LogP contribution in [-0.2, 0) is 9.59 Å². The third-order valence-corrected chi connectivity index (χ3v) is 5.29. The van der Waals surface area contributed by atoms with Gasteiger partial charge in [-0.2, -0.15) is 0 Å². The van der Waals surface area contributed by atoms with E-state index in [4.69, 9.17) is 16.3 Å². The van der Waals surface area contributed by atoms with Crippen LogP contribution < -0.4 is 9.64 Å². The summed E-state index contributed by atoms with van der Waals surface area (Å²) in [5, 5.41) is 11.4. The van der Waals surface area contributed by atoms with Crippen molar-refractivity contribution >= 4 is 34.7 Å². The lowest BCUT2D eigenvalue weighted by molar-refractivity contribution is -0.132. The summed E-state index contributed by atoms with van der Waals surface area (Å²) in [6.07, 6.45) is 0. The normalized spacial score (nSPS) is 17.8. The highest BCUT2D eigenvalue weighted by Gasteiger charge is 2.47. The topological polar surface area (TPSA) is 66.8 Å². The largest absolute Gasteiger partial charge is 0.507 e. The zero-order valence-electron chi connectivity index (χ0n) is 16.4. The lowest BCUT2D eigenvalue weighted by Gasteiger charge is -2.25. The number of aliphatic hydroxyl groups is 1. The standard InChI is InChI=1S/C24H17ClFNO4/c1-31-19-7-3-6-18(13-19)27-21(14-8-10-17(26)11-9-14)20(23(29)24(27)30)22(28)15-4-2-5-16(25)12-15/h2-13,21,28H,1H3/b22-20+. The number of halogens is 2. The van der Waals surface area contributed by atoms with E-state index < -0.39 is 23.5 Å². The number of aliphatic hydroxyl groups excluding tert-OH is 1. The maximum absolute atomic E-state index is 13.6. The summed E-state index contributed by atoms with van der Waals surface area (Å²) in [7, 11) is 1.49.